The van der Waals surface area contributed by atoms with E-state index in [1.807, 2.05) is 12.3 Å². The van der Waals surface area contributed by atoms with E-state index in [-0.39, 0.29) is 0 Å². The highest BCUT2D eigenvalue weighted by Crippen LogP contribution is 2.13. The van der Waals surface area contributed by atoms with Gasteiger partial charge in [0.25, 0.3) is 0 Å². The Balaban J connectivity index is 1.92. The first kappa shape index (κ1) is 11.4. The normalized spacial score (nSPS) is 22.0. The maximum atomic E-state index is 5.95. The van der Waals surface area contributed by atoms with Crippen LogP contribution in [0.15, 0.2) is 18.3 Å². The summed E-state index contributed by atoms with van der Waals surface area (Å²) in [4.78, 5) is 6.59. The number of methoxy groups -OCH3 is 1. The van der Waals surface area contributed by atoms with Gasteiger partial charge in [-0.1, -0.05) is 6.07 Å². The van der Waals surface area contributed by atoms with E-state index in [1.54, 1.807) is 7.11 Å². The molecule has 0 radical (unpaired) electrons. The van der Waals surface area contributed by atoms with Crippen molar-refractivity contribution in [2.75, 3.05) is 20.2 Å². The first-order valence-electron chi connectivity index (χ1n) is 5.75. The molecule has 0 spiro atoms. The zero-order chi connectivity index (χ0) is 11.4. The van der Waals surface area contributed by atoms with Gasteiger partial charge in [0.1, 0.15) is 0 Å². The van der Waals surface area contributed by atoms with Crippen LogP contribution in [0.1, 0.15) is 18.4 Å². The van der Waals surface area contributed by atoms with Crippen LogP contribution in [-0.2, 0) is 6.54 Å². The van der Waals surface area contributed by atoms with Gasteiger partial charge in [-0.25, -0.2) is 4.98 Å². The summed E-state index contributed by atoms with van der Waals surface area (Å²) >= 11 is 0. The second-order valence-corrected chi connectivity index (χ2v) is 4.35. The van der Waals surface area contributed by atoms with Crippen molar-refractivity contribution in [3.05, 3.63) is 23.9 Å². The van der Waals surface area contributed by atoms with Gasteiger partial charge in [-0.3, -0.25) is 4.90 Å². The van der Waals surface area contributed by atoms with Crippen molar-refractivity contribution in [3.63, 3.8) is 0 Å². The summed E-state index contributed by atoms with van der Waals surface area (Å²) in [7, 11) is 1.63. The Morgan fingerprint density at radius 1 is 1.56 bits per heavy atom. The Morgan fingerprint density at radius 3 is 3.06 bits per heavy atom. The van der Waals surface area contributed by atoms with Crippen molar-refractivity contribution < 1.29 is 4.74 Å². The molecule has 1 fully saturated rings. The third-order valence-electron chi connectivity index (χ3n) is 2.95. The summed E-state index contributed by atoms with van der Waals surface area (Å²) in [5, 5.41) is 0. The lowest BCUT2D eigenvalue weighted by Gasteiger charge is -2.30. The van der Waals surface area contributed by atoms with E-state index in [4.69, 9.17) is 10.5 Å². The van der Waals surface area contributed by atoms with Crippen molar-refractivity contribution in [2.45, 2.75) is 25.4 Å². The molecule has 2 heterocycles. The Bertz CT molecular complexity index is 326. The number of likely N-dealkylation sites (tertiary alicyclic amines) is 1. The van der Waals surface area contributed by atoms with Crippen molar-refractivity contribution in [2.24, 2.45) is 5.73 Å². The third-order valence-corrected chi connectivity index (χ3v) is 2.95. The van der Waals surface area contributed by atoms with Crippen LogP contribution >= 0.6 is 0 Å². The Morgan fingerprint density at radius 2 is 2.44 bits per heavy atom. The van der Waals surface area contributed by atoms with Gasteiger partial charge in [-0.05, 0) is 24.9 Å². The van der Waals surface area contributed by atoms with Gasteiger partial charge in [0.05, 0.1) is 7.11 Å². The smallest absolute Gasteiger partial charge is 0.212 e. The van der Waals surface area contributed by atoms with Gasteiger partial charge < -0.3 is 10.5 Å². The summed E-state index contributed by atoms with van der Waals surface area (Å²) in [6, 6.07) is 4.30. The molecule has 0 amide bonds. The molecule has 0 saturated carbocycles. The quantitative estimate of drug-likeness (QED) is 0.827. The zero-order valence-electron chi connectivity index (χ0n) is 9.72. The summed E-state index contributed by atoms with van der Waals surface area (Å²) in [6.45, 7) is 3.07. The first-order valence-corrected chi connectivity index (χ1v) is 5.75. The van der Waals surface area contributed by atoms with Crippen LogP contribution in [0.3, 0.4) is 0 Å². The fraction of sp³-hybridized carbons (Fsp3) is 0.583. The minimum atomic E-state index is 0.333. The predicted molar refractivity (Wildman–Crippen MR) is 63.3 cm³/mol. The van der Waals surface area contributed by atoms with Crippen molar-refractivity contribution in [1.29, 1.82) is 0 Å². The molecule has 1 aromatic rings. The van der Waals surface area contributed by atoms with Gasteiger partial charge >= 0.3 is 0 Å². The molecule has 4 nitrogen and oxygen atoms in total. The van der Waals surface area contributed by atoms with E-state index in [9.17, 15) is 0 Å². The van der Waals surface area contributed by atoms with Gasteiger partial charge in [0.15, 0.2) is 0 Å². The number of ether oxygens (including phenoxy) is 1. The van der Waals surface area contributed by atoms with E-state index in [1.165, 1.54) is 12.0 Å². The summed E-state index contributed by atoms with van der Waals surface area (Å²) in [5.41, 5.74) is 7.16. The molecule has 1 aromatic heterocycles. The maximum Gasteiger partial charge on any atom is 0.212 e. The average Bonchev–Trinajstić information content (AvgIpc) is 2.30. The topological polar surface area (TPSA) is 51.4 Å². The third kappa shape index (κ3) is 2.93. The molecule has 88 valence electrons. The van der Waals surface area contributed by atoms with Crippen molar-refractivity contribution in [1.82, 2.24) is 9.88 Å². The van der Waals surface area contributed by atoms with Crippen LogP contribution in [0.5, 0.6) is 5.88 Å². The van der Waals surface area contributed by atoms with Gasteiger partial charge in [0.2, 0.25) is 5.88 Å². The van der Waals surface area contributed by atoms with E-state index < -0.39 is 0 Å². The van der Waals surface area contributed by atoms with E-state index in [0.29, 0.717) is 11.9 Å². The Kier molecular flexibility index (Phi) is 3.74. The SMILES string of the molecule is COc1ccc(CN2CCC[C@H](N)C2)cn1. The predicted octanol–water partition coefficient (Wildman–Crippen LogP) is 1.01. The van der Waals surface area contributed by atoms with Crippen LogP contribution in [-0.4, -0.2) is 36.1 Å². The molecule has 1 aliphatic heterocycles. The fourth-order valence-corrected chi connectivity index (χ4v) is 2.12. The minimum Gasteiger partial charge on any atom is -0.481 e. The second-order valence-electron chi connectivity index (χ2n) is 4.35. The van der Waals surface area contributed by atoms with Crippen LogP contribution in [0.4, 0.5) is 0 Å². The molecule has 2 N–H and O–H groups in total. The van der Waals surface area contributed by atoms with Crippen LogP contribution in [0.2, 0.25) is 0 Å². The molecule has 0 aromatic carbocycles. The van der Waals surface area contributed by atoms with Crippen LogP contribution in [0, 0.1) is 0 Å². The largest absolute Gasteiger partial charge is 0.481 e. The van der Waals surface area contributed by atoms with Crippen LogP contribution < -0.4 is 10.5 Å². The standard InChI is InChI=1S/C12H19N3O/c1-16-12-5-4-10(7-14-12)8-15-6-2-3-11(13)9-15/h4-5,7,11H,2-3,6,8-9,13H2,1H3/t11-/m0/s1. The lowest BCUT2D eigenvalue weighted by Crippen LogP contribution is -2.42. The zero-order valence-corrected chi connectivity index (χ0v) is 9.72. The molecule has 4 heteroatoms. The molecular weight excluding hydrogens is 202 g/mol. The number of nitrogens with two attached hydrogens (primary N) is 1. The number of rotatable bonds is 3. The Hall–Kier alpha value is -1.13. The molecular formula is C12H19N3O. The minimum absolute atomic E-state index is 0.333. The molecule has 16 heavy (non-hydrogen) atoms. The lowest BCUT2D eigenvalue weighted by molar-refractivity contribution is 0.201. The molecule has 1 saturated heterocycles. The summed E-state index contributed by atoms with van der Waals surface area (Å²) in [6.07, 6.45) is 4.22. The van der Waals surface area contributed by atoms with E-state index in [0.717, 1.165) is 26.1 Å². The monoisotopic (exact) mass is 221 g/mol. The van der Waals surface area contributed by atoms with Gasteiger partial charge in [-0.15, -0.1) is 0 Å². The molecule has 2 rings (SSSR count). The van der Waals surface area contributed by atoms with E-state index in [2.05, 4.69) is 16.0 Å². The molecule has 1 aliphatic rings. The average molecular weight is 221 g/mol. The van der Waals surface area contributed by atoms with Gasteiger partial charge in [0, 0.05) is 31.4 Å². The lowest BCUT2D eigenvalue weighted by atomic mass is 10.1. The molecule has 0 bridgehead atoms. The highest BCUT2D eigenvalue weighted by Gasteiger charge is 2.16. The van der Waals surface area contributed by atoms with Gasteiger partial charge in [-0.2, -0.15) is 0 Å². The fourth-order valence-electron chi connectivity index (χ4n) is 2.12. The van der Waals surface area contributed by atoms with Crippen molar-refractivity contribution in [3.8, 4) is 5.88 Å². The highest BCUT2D eigenvalue weighted by molar-refractivity contribution is 5.17. The molecule has 1 atom stereocenters. The summed E-state index contributed by atoms with van der Waals surface area (Å²) < 4.78 is 5.03. The maximum absolute atomic E-state index is 5.95. The van der Waals surface area contributed by atoms with Crippen molar-refractivity contribution >= 4 is 0 Å². The van der Waals surface area contributed by atoms with E-state index >= 15 is 0 Å². The highest BCUT2D eigenvalue weighted by atomic mass is 16.5. The summed E-state index contributed by atoms with van der Waals surface area (Å²) in [5.74, 6) is 0.666. The van der Waals surface area contributed by atoms with Crippen LogP contribution in [0.25, 0.3) is 0 Å². The number of pyridine rings is 1. The first-order chi connectivity index (χ1) is 7.78. The number of aromatic nitrogens is 1. The molecule has 0 unspecified atom stereocenters. The second kappa shape index (κ2) is 5.27. The Labute approximate surface area is 96.4 Å². The number of piperidine rings is 1. The number of hydrogen-bond acceptors (Lipinski definition) is 4. The number of nitrogens with zero attached hydrogens (tertiary/aromatic N) is 2. The molecule has 0 aliphatic carbocycles. The number of hydrogen-bond donors (Lipinski definition) is 1.